The van der Waals surface area contributed by atoms with Crippen molar-refractivity contribution in [2.24, 2.45) is 0 Å². The van der Waals surface area contributed by atoms with Crippen LogP contribution in [0.5, 0.6) is 0 Å². The van der Waals surface area contributed by atoms with Crippen LogP contribution in [-0.2, 0) is 4.74 Å². The first-order valence-corrected chi connectivity index (χ1v) is 17.2. The summed E-state index contributed by atoms with van der Waals surface area (Å²) in [5, 5.41) is 0. The zero-order valence-electron chi connectivity index (χ0n) is 26.5. The number of ether oxygens (including phenoxy) is 1. The summed E-state index contributed by atoms with van der Waals surface area (Å²) < 4.78 is 5.92. The van der Waals surface area contributed by atoms with Gasteiger partial charge in [-0.15, -0.1) is 0 Å². The van der Waals surface area contributed by atoms with Gasteiger partial charge in [-0.1, -0.05) is 155 Å². The van der Waals surface area contributed by atoms with Crippen LogP contribution in [0, 0.1) is 0 Å². The van der Waals surface area contributed by atoms with Crippen molar-refractivity contribution < 1.29 is 4.74 Å². The average molecular weight is 525 g/mol. The average Bonchev–Trinajstić information content (AvgIpc) is 2.89. The lowest BCUT2D eigenvalue weighted by molar-refractivity contribution is 0.0911. The summed E-state index contributed by atoms with van der Waals surface area (Å²) in [6.45, 7) is 11.0. The van der Waals surface area contributed by atoms with Crippen LogP contribution in [0.3, 0.4) is 0 Å². The van der Waals surface area contributed by atoms with E-state index in [4.69, 9.17) is 4.74 Å². The summed E-state index contributed by atoms with van der Waals surface area (Å²) in [5.74, 6) is 0. The van der Waals surface area contributed by atoms with E-state index in [2.05, 4.69) is 37.7 Å². The minimum atomic E-state index is 0.859. The van der Waals surface area contributed by atoms with E-state index in [1.54, 1.807) is 0 Å². The zero-order valence-corrected chi connectivity index (χ0v) is 26.5. The smallest absolute Gasteiger partial charge is 0.0594 e. The molecule has 0 fully saturated rings. The van der Waals surface area contributed by atoms with Gasteiger partial charge < -0.3 is 14.5 Å². The summed E-state index contributed by atoms with van der Waals surface area (Å²) in [6, 6.07) is 0. The molecule has 0 unspecified atom stereocenters. The molecule has 0 radical (unpaired) electrons. The predicted molar refractivity (Wildman–Crippen MR) is 168 cm³/mol. The maximum Gasteiger partial charge on any atom is 0.0594 e. The molecular weight excluding hydrogens is 452 g/mol. The normalized spacial score (nSPS) is 11.8. The number of likely N-dealkylation sites (N-methyl/N-ethyl adjacent to an activating group) is 1. The van der Waals surface area contributed by atoms with Gasteiger partial charge in [-0.3, -0.25) is 0 Å². The van der Waals surface area contributed by atoms with Crippen LogP contribution in [0.25, 0.3) is 0 Å². The Morgan fingerprint density at radius 1 is 0.351 bits per heavy atom. The first kappa shape index (κ1) is 36.9. The predicted octanol–water partition coefficient (Wildman–Crippen LogP) is 10.3. The Morgan fingerprint density at radius 3 is 0.973 bits per heavy atom. The molecule has 0 bridgehead atoms. The molecule has 0 atom stereocenters. The third-order valence-corrected chi connectivity index (χ3v) is 7.89. The van der Waals surface area contributed by atoms with Gasteiger partial charge in [0.2, 0.25) is 0 Å². The molecule has 0 rings (SSSR count). The monoisotopic (exact) mass is 525 g/mol. The van der Waals surface area contributed by atoms with E-state index in [9.17, 15) is 0 Å². The summed E-state index contributed by atoms with van der Waals surface area (Å²) in [7, 11) is 4.24. The van der Waals surface area contributed by atoms with E-state index in [-0.39, 0.29) is 0 Å². The Balaban J connectivity index is 3.78. The molecule has 0 saturated carbocycles. The molecular formula is C34H72N2O. The number of rotatable bonds is 32. The molecule has 0 saturated heterocycles. The van der Waals surface area contributed by atoms with Gasteiger partial charge in [0.25, 0.3) is 0 Å². The molecule has 3 nitrogen and oxygen atoms in total. The molecule has 0 heterocycles. The second-order valence-corrected chi connectivity index (χ2v) is 12.0. The Morgan fingerprint density at radius 2 is 0.649 bits per heavy atom. The van der Waals surface area contributed by atoms with Crippen molar-refractivity contribution in [3.63, 3.8) is 0 Å². The highest BCUT2D eigenvalue weighted by Crippen LogP contribution is 2.14. The van der Waals surface area contributed by atoms with E-state index >= 15 is 0 Å². The Labute approximate surface area is 235 Å². The molecule has 0 aliphatic carbocycles. The van der Waals surface area contributed by atoms with Crippen LogP contribution in [-0.4, -0.2) is 63.3 Å². The van der Waals surface area contributed by atoms with Crippen molar-refractivity contribution in [2.75, 3.05) is 53.5 Å². The quantitative estimate of drug-likeness (QED) is 0.0814. The maximum atomic E-state index is 5.92. The maximum absolute atomic E-state index is 5.92. The van der Waals surface area contributed by atoms with Crippen molar-refractivity contribution >= 4 is 0 Å². The molecule has 0 amide bonds. The van der Waals surface area contributed by atoms with Gasteiger partial charge in [-0.25, -0.2) is 0 Å². The fourth-order valence-electron chi connectivity index (χ4n) is 5.23. The summed E-state index contributed by atoms with van der Waals surface area (Å²) in [5.41, 5.74) is 0. The van der Waals surface area contributed by atoms with Crippen LogP contribution in [0.1, 0.15) is 168 Å². The Hall–Kier alpha value is -0.120. The van der Waals surface area contributed by atoms with Gasteiger partial charge in [-0.2, -0.15) is 0 Å². The highest BCUT2D eigenvalue weighted by Gasteiger charge is 2.05. The molecule has 0 aromatic carbocycles. The first-order valence-electron chi connectivity index (χ1n) is 17.2. The molecule has 3 heteroatoms. The Kier molecular flexibility index (Phi) is 32.0. The minimum absolute atomic E-state index is 0.859. The van der Waals surface area contributed by atoms with Crippen LogP contribution >= 0.6 is 0 Å². The minimum Gasteiger partial charge on any atom is -0.379 e. The number of hydrogen-bond donors (Lipinski definition) is 0. The first-order chi connectivity index (χ1) is 18.2. The van der Waals surface area contributed by atoms with Crippen LogP contribution in [0.4, 0.5) is 0 Å². The molecule has 0 aromatic heterocycles. The van der Waals surface area contributed by atoms with Gasteiger partial charge in [-0.05, 0) is 40.0 Å². The second kappa shape index (κ2) is 32.1. The lowest BCUT2D eigenvalue weighted by Gasteiger charge is -2.22. The van der Waals surface area contributed by atoms with Gasteiger partial charge in [0.1, 0.15) is 0 Å². The van der Waals surface area contributed by atoms with Crippen molar-refractivity contribution in [2.45, 2.75) is 168 Å². The molecule has 224 valence electrons. The van der Waals surface area contributed by atoms with Gasteiger partial charge in [0.15, 0.2) is 0 Å². The molecule has 0 aliphatic rings. The van der Waals surface area contributed by atoms with Gasteiger partial charge >= 0.3 is 0 Å². The highest BCUT2D eigenvalue weighted by molar-refractivity contribution is 4.60. The van der Waals surface area contributed by atoms with Crippen LogP contribution in [0.15, 0.2) is 0 Å². The van der Waals surface area contributed by atoms with E-state index in [1.165, 1.54) is 167 Å². The van der Waals surface area contributed by atoms with Crippen molar-refractivity contribution in [1.82, 2.24) is 9.80 Å². The lowest BCUT2D eigenvalue weighted by atomic mass is 10.0. The third kappa shape index (κ3) is 32.0. The van der Waals surface area contributed by atoms with Gasteiger partial charge in [0.05, 0.1) is 13.2 Å². The molecule has 0 N–H and O–H groups in total. The standard InChI is InChI=1S/C34H72N2O/c1-5-7-9-11-13-15-17-19-21-23-25-27-29-36(32-34-37-33-31-35(3)4)30-28-26-24-22-20-18-16-14-12-10-8-6-2/h5-34H2,1-4H3. The summed E-state index contributed by atoms with van der Waals surface area (Å²) in [4.78, 5) is 4.90. The van der Waals surface area contributed by atoms with Crippen molar-refractivity contribution in [3.05, 3.63) is 0 Å². The second-order valence-electron chi connectivity index (χ2n) is 12.0. The number of unbranched alkanes of at least 4 members (excludes halogenated alkanes) is 22. The topological polar surface area (TPSA) is 15.7 Å². The molecule has 0 spiro atoms. The fraction of sp³-hybridized carbons (Fsp3) is 1.00. The zero-order chi connectivity index (χ0) is 27.1. The molecule has 37 heavy (non-hydrogen) atoms. The number of nitrogens with zero attached hydrogens (tertiary/aromatic N) is 2. The fourth-order valence-corrected chi connectivity index (χ4v) is 5.23. The van der Waals surface area contributed by atoms with Gasteiger partial charge in [0, 0.05) is 13.1 Å². The summed E-state index contributed by atoms with van der Waals surface area (Å²) >= 11 is 0. The van der Waals surface area contributed by atoms with E-state index in [0.717, 1.165) is 26.3 Å². The SMILES string of the molecule is CCCCCCCCCCCCCCN(CCCCCCCCCCCCCC)CCOCCN(C)C. The third-order valence-electron chi connectivity index (χ3n) is 7.89. The summed E-state index contributed by atoms with van der Waals surface area (Å²) in [6.07, 6.45) is 34.4. The largest absolute Gasteiger partial charge is 0.379 e. The van der Waals surface area contributed by atoms with Crippen molar-refractivity contribution in [1.29, 1.82) is 0 Å². The number of hydrogen-bond acceptors (Lipinski definition) is 3. The van der Waals surface area contributed by atoms with Crippen LogP contribution < -0.4 is 0 Å². The van der Waals surface area contributed by atoms with E-state index < -0.39 is 0 Å². The molecule has 0 aliphatic heterocycles. The van der Waals surface area contributed by atoms with E-state index in [1.807, 2.05) is 0 Å². The Bertz CT molecular complexity index is 373. The van der Waals surface area contributed by atoms with Crippen molar-refractivity contribution in [3.8, 4) is 0 Å². The molecule has 0 aromatic rings. The van der Waals surface area contributed by atoms with E-state index in [0.29, 0.717) is 0 Å². The highest BCUT2D eigenvalue weighted by atomic mass is 16.5. The lowest BCUT2D eigenvalue weighted by Crippen LogP contribution is -2.30. The van der Waals surface area contributed by atoms with Crippen LogP contribution in [0.2, 0.25) is 0 Å².